The maximum Gasteiger partial charge on any atom is 0.306 e. The van der Waals surface area contributed by atoms with Gasteiger partial charge in [-0.05, 0) is 19.3 Å². The van der Waals surface area contributed by atoms with Crippen LogP contribution in [-0.2, 0) is 19.1 Å². The third kappa shape index (κ3) is 16.8. The van der Waals surface area contributed by atoms with Crippen molar-refractivity contribution in [3.8, 4) is 0 Å². The summed E-state index contributed by atoms with van der Waals surface area (Å²) in [5.74, 6) is -0.737. The van der Waals surface area contributed by atoms with Crippen molar-refractivity contribution in [2.75, 3.05) is 13.2 Å². The van der Waals surface area contributed by atoms with Gasteiger partial charge in [0.05, 0.1) is 19.4 Å². The molecule has 24 heavy (non-hydrogen) atoms. The molecular weight excluding hydrogens is 304 g/mol. The minimum atomic E-state index is -0.372. The molecule has 0 aromatic carbocycles. The van der Waals surface area contributed by atoms with Crippen molar-refractivity contribution in [3.05, 3.63) is 24.8 Å². The molecule has 0 aliphatic heterocycles. The molecule has 0 amide bonds. The van der Waals surface area contributed by atoms with Crippen molar-refractivity contribution in [1.82, 2.24) is 0 Å². The highest BCUT2D eigenvalue weighted by atomic mass is 16.5. The van der Waals surface area contributed by atoms with E-state index in [1.54, 1.807) is 6.08 Å². The second kappa shape index (κ2) is 17.8. The van der Waals surface area contributed by atoms with Crippen LogP contribution in [0, 0.1) is 0 Å². The van der Waals surface area contributed by atoms with Crippen molar-refractivity contribution in [2.24, 2.45) is 0 Å². The summed E-state index contributed by atoms with van der Waals surface area (Å²) in [6.07, 6.45) is 16.5. The predicted octanol–water partition coefficient (Wildman–Crippen LogP) is 5.13. The van der Waals surface area contributed by atoms with E-state index in [1.165, 1.54) is 44.9 Å². The number of rotatable bonds is 16. The summed E-state index contributed by atoms with van der Waals surface area (Å²) in [6, 6.07) is 0. The Hall–Kier alpha value is -1.58. The van der Waals surface area contributed by atoms with Gasteiger partial charge in [-0.1, -0.05) is 63.7 Å². The lowest BCUT2D eigenvalue weighted by Crippen LogP contribution is -2.10. The predicted molar refractivity (Wildman–Crippen MR) is 97.7 cm³/mol. The molecule has 0 aromatic heterocycles. The maximum absolute atomic E-state index is 11.5. The van der Waals surface area contributed by atoms with Gasteiger partial charge in [0.25, 0.3) is 0 Å². The number of hydrogen-bond donors (Lipinski definition) is 0. The summed E-state index contributed by atoms with van der Waals surface area (Å²) in [4.78, 5) is 22.8. The Kier molecular flexibility index (Phi) is 16.6. The lowest BCUT2D eigenvalue weighted by atomic mass is 10.1. The van der Waals surface area contributed by atoms with Crippen molar-refractivity contribution >= 4 is 11.9 Å². The number of esters is 2. The van der Waals surface area contributed by atoms with Gasteiger partial charge in [0.2, 0.25) is 0 Å². The molecule has 0 saturated carbocycles. The van der Waals surface area contributed by atoms with Crippen molar-refractivity contribution < 1.29 is 19.1 Å². The van der Waals surface area contributed by atoms with Crippen LogP contribution in [0.4, 0.5) is 0 Å². The number of carbonyl (C=O) groups is 2. The van der Waals surface area contributed by atoms with Crippen molar-refractivity contribution in [2.45, 2.75) is 77.6 Å². The third-order valence-electron chi connectivity index (χ3n) is 3.60. The minimum absolute atomic E-state index is 0.0672. The first kappa shape index (κ1) is 22.4. The molecule has 0 aliphatic rings. The monoisotopic (exact) mass is 338 g/mol. The molecule has 0 spiro atoms. The molecule has 0 heterocycles. The lowest BCUT2D eigenvalue weighted by Gasteiger charge is -2.03. The van der Waals surface area contributed by atoms with Crippen LogP contribution in [0.3, 0.4) is 0 Å². The number of allylic oxidation sites excluding steroid dienone is 1. The summed E-state index contributed by atoms with van der Waals surface area (Å²) in [5.41, 5.74) is 0. The highest BCUT2D eigenvalue weighted by Gasteiger charge is 2.08. The molecule has 138 valence electrons. The van der Waals surface area contributed by atoms with E-state index in [9.17, 15) is 9.59 Å². The number of hydrogen-bond acceptors (Lipinski definition) is 4. The van der Waals surface area contributed by atoms with Crippen molar-refractivity contribution in [3.63, 3.8) is 0 Å². The van der Waals surface area contributed by atoms with E-state index < -0.39 is 0 Å². The molecule has 0 aliphatic carbocycles. The minimum Gasteiger partial charge on any atom is -0.465 e. The molecule has 4 heteroatoms. The van der Waals surface area contributed by atoms with Crippen LogP contribution in [0.1, 0.15) is 77.6 Å². The van der Waals surface area contributed by atoms with Gasteiger partial charge < -0.3 is 9.47 Å². The van der Waals surface area contributed by atoms with Crippen molar-refractivity contribution in [1.29, 1.82) is 0 Å². The van der Waals surface area contributed by atoms with E-state index in [-0.39, 0.29) is 31.4 Å². The summed E-state index contributed by atoms with van der Waals surface area (Å²) in [7, 11) is 0. The SMILES string of the molecule is C=CCCOC(=O)CCC(=O)OC/C=C/CCCCCCCCC. The fourth-order valence-corrected chi connectivity index (χ4v) is 2.15. The topological polar surface area (TPSA) is 52.6 Å². The molecule has 0 rings (SSSR count). The zero-order valence-corrected chi connectivity index (χ0v) is 15.3. The summed E-state index contributed by atoms with van der Waals surface area (Å²) in [5, 5.41) is 0. The first-order valence-electron chi connectivity index (χ1n) is 9.27. The molecule has 0 fully saturated rings. The Morgan fingerprint density at radius 1 is 0.833 bits per heavy atom. The van der Waals surface area contributed by atoms with E-state index in [0.717, 1.165) is 6.42 Å². The fraction of sp³-hybridized carbons (Fsp3) is 0.700. The van der Waals surface area contributed by atoms with Gasteiger partial charge in [0, 0.05) is 0 Å². The van der Waals surface area contributed by atoms with Crippen LogP contribution in [-0.4, -0.2) is 25.2 Å². The number of unbranched alkanes of at least 4 members (excludes halogenated alkanes) is 7. The molecule has 0 bridgehead atoms. The summed E-state index contributed by atoms with van der Waals surface area (Å²) >= 11 is 0. The Morgan fingerprint density at radius 2 is 1.46 bits per heavy atom. The highest BCUT2D eigenvalue weighted by molar-refractivity contribution is 5.77. The molecule has 0 aromatic rings. The van der Waals surface area contributed by atoms with E-state index in [0.29, 0.717) is 13.0 Å². The van der Waals surface area contributed by atoms with Gasteiger partial charge in [-0.3, -0.25) is 9.59 Å². The van der Waals surface area contributed by atoms with Gasteiger partial charge >= 0.3 is 11.9 Å². The zero-order chi connectivity index (χ0) is 17.9. The molecule has 0 atom stereocenters. The average molecular weight is 338 g/mol. The van der Waals surface area contributed by atoms with E-state index in [2.05, 4.69) is 19.6 Å². The summed E-state index contributed by atoms with van der Waals surface area (Å²) < 4.78 is 9.95. The van der Waals surface area contributed by atoms with Crippen LogP contribution in [0.2, 0.25) is 0 Å². The van der Waals surface area contributed by atoms with Crippen LogP contribution < -0.4 is 0 Å². The van der Waals surface area contributed by atoms with E-state index in [4.69, 9.17) is 9.47 Å². The average Bonchev–Trinajstić information content (AvgIpc) is 2.58. The second-order valence-corrected chi connectivity index (χ2v) is 5.86. The zero-order valence-electron chi connectivity index (χ0n) is 15.3. The maximum atomic E-state index is 11.5. The quantitative estimate of drug-likeness (QED) is 0.222. The third-order valence-corrected chi connectivity index (χ3v) is 3.60. The van der Waals surface area contributed by atoms with Gasteiger partial charge in [-0.25, -0.2) is 0 Å². The molecule has 0 unspecified atom stereocenters. The molecule has 0 radical (unpaired) electrons. The smallest absolute Gasteiger partial charge is 0.306 e. The van der Waals surface area contributed by atoms with Gasteiger partial charge in [0.1, 0.15) is 6.61 Å². The second-order valence-electron chi connectivity index (χ2n) is 5.86. The summed E-state index contributed by atoms with van der Waals surface area (Å²) in [6.45, 7) is 6.37. The Balaban J connectivity index is 3.41. The first-order chi connectivity index (χ1) is 11.7. The van der Waals surface area contributed by atoms with Crippen LogP contribution >= 0.6 is 0 Å². The Morgan fingerprint density at radius 3 is 2.12 bits per heavy atom. The van der Waals surface area contributed by atoms with Crippen LogP contribution in [0.25, 0.3) is 0 Å². The first-order valence-corrected chi connectivity index (χ1v) is 9.27. The number of carbonyl (C=O) groups excluding carboxylic acids is 2. The fourth-order valence-electron chi connectivity index (χ4n) is 2.15. The number of ether oxygens (including phenoxy) is 2. The standard InChI is InChI=1S/C20H34O4/c1-3-5-7-8-9-10-11-12-13-14-18-24-20(22)16-15-19(21)23-17-6-4-2/h4,13-14H,2-3,5-12,15-18H2,1H3/b14-13+. The van der Waals surface area contributed by atoms with Gasteiger partial charge in [-0.15, -0.1) is 6.58 Å². The molecule has 0 saturated heterocycles. The van der Waals surface area contributed by atoms with Crippen LogP contribution in [0.15, 0.2) is 24.8 Å². The lowest BCUT2D eigenvalue weighted by molar-refractivity contribution is -0.149. The molecular formula is C20H34O4. The van der Waals surface area contributed by atoms with E-state index in [1.807, 2.05) is 6.08 Å². The highest BCUT2D eigenvalue weighted by Crippen LogP contribution is 2.08. The Labute approximate surface area is 147 Å². The molecule has 0 N–H and O–H groups in total. The van der Waals surface area contributed by atoms with Crippen LogP contribution in [0.5, 0.6) is 0 Å². The van der Waals surface area contributed by atoms with Gasteiger partial charge in [0.15, 0.2) is 0 Å². The molecule has 4 nitrogen and oxygen atoms in total. The van der Waals surface area contributed by atoms with Gasteiger partial charge in [-0.2, -0.15) is 0 Å². The largest absolute Gasteiger partial charge is 0.465 e. The Bertz CT molecular complexity index is 361. The normalized spacial score (nSPS) is 10.7. The van der Waals surface area contributed by atoms with E-state index >= 15 is 0 Å².